The van der Waals surface area contributed by atoms with Crippen LogP contribution in [-0.4, -0.2) is 42.8 Å². The number of ether oxygens (including phenoxy) is 3. The fourth-order valence-corrected chi connectivity index (χ4v) is 2.04. The molecule has 1 amide bonds. The molecular formula is C18H23N3O6. The Bertz CT molecular complexity index is 810. The summed E-state index contributed by atoms with van der Waals surface area (Å²) in [6.45, 7) is 5.37. The third-order valence-corrected chi connectivity index (χ3v) is 3.53. The van der Waals surface area contributed by atoms with Gasteiger partial charge in [0.2, 0.25) is 0 Å². The highest BCUT2D eigenvalue weighted by Crippen LogP contribution is 2.27. The lowest BCUT2D eigenvalue weighted by Gasteiger charge is -2.11. The van der Waals surface area contributed by atoms with Crippen molar-refractivity contribution < 1.29 is 28.3 Å². The van der Waals surface area contributed by atoms with Crippen LogP contribution in [0.3, 0.4) is 0 Å². The van der Waals surface area contributed by atoms with Gasteiger partial charge >= 0.3 is 5.97 Å². The SMILES string of the molecule is COc1ccc(C(=O)NCC(=O)OCc2nc(C(C)(C)C)no2)cc1OC. The molecule has 2 aromatic rings. The minimum absolute atomic E-state index is 0.159. The smallest absolute Gasteiger partial charge is 0.325 e. The summed E-state index contributed by atoms with van der Waals surface area (Å²) in [5, 5.41) is 6.32. The highest BCUT2D eigenvalue weighted by molar-refractivity contribution is 5.96. The Kier molecular flexibility index (Phi) is 6.38. The van der Waals surface area contributed by atoms with Crippen molar-refractivity contribution in [1.82, 2.24) is 15.5 Å². The molecule has 0 aliphatic heterocycles. The zero-order valence-electron chi connectivity index (χ0n) is 16.0. The number of carbonyl (C=O) groups excluding carboxylic acids is 2. The minimum atomic E-state index is -0.626. The summed E-state index contributed by atoms with van der Waals surface area (Å²) in [7, 11) is 2.97. The topological polar surface area (TPSA) is 113 Å². The van der Waals surface area contributed by atoms with Gasteiger partial charge in [0.1, 0.15) is 6.54 Å². The quantitative estimate of drug-likeness (QED) is 0.728. The summed E-state index contributed by atoms with van der Waals surface area (Å²) in [6.07, 6.45) is 0. The van der Waals surface area contributed by atoms with Gasteiger partial charge in [0.25, 0.3) is 11.8 Å². The first-order valence-electron chi connectivity index (χ1n) is 8.23. The zero-order chi connectivity index (χ0) is 20.0. The molecule has 1 aromatic carbocycles. The van der Waals surface area contributed by atoms with E-state index in [2.05, 4.69) is 15.5 Å². The Morgan fingerprint density at radius 3 is 2.44 bits per heavy atom. The van der Waals surface area contributed by atoms with Crippen LogP contribution in [0.15, 0.2) is 22.7 Å². The van der Waals surface area contributed by atoms with Crippen molar-refractivity contribution in [2.45, 2.75) is 32.8 Å². The Labute approximate surface area is 157 Å². The third-order valence-electron chi connectivity index (χ3n) is 3.53. The molecule has 0 radical (unpaired) electrons. The largest absolute Gasteiger partial charge is 0.493 e. The average Bonchev–Trinajstić information content (AvgIpc) is 3.13. The van der Waals surface area contributed by atoms with E-state index < -0.39 is 11.9 Å². The van der Waals surface area contributed by atoms with Crippen molar-refractivity contribution in [3.05, 3.63) is 35.5 Å². The first-order chi connectivity index (χ1) is 12.7. The van der Waals surface area contributed by atoms with Gasteiger partial charge in [-0.3, -0.25) is 9.59 Å². The maximum absolute atomic E-state index is 12.1. The fourth-order valence-electron chi connectivity index (χ4n) is 2.04. The number of methoxy groups -OCH3 is 2. The number of rotatable bonds is 7. The van der Waals surface area contributed by atoms with E-state index in [1.807, 2.05) is 20.8 Å². The monoisotopic (exact) mass is 377 g/mol. The second-order valence-corrected chi connectivity index (χ2v) is 6.67. The molecule has 9 heteroatoms. The minimum Gasteiger partial charge on any atom is -0.493 e. The van der Waals surface area contributed by atoms with Gasteiger partial charge in [0.05, 0.1) is 14.2 Å². The number of esters is 1. The lowest BCUT2D eigenvalue weighted by Crippen LogP contribution is -2.30. The summed E-state index contributed by atoms with van der Waals surface area (Å²) in [4.78, 5) is 28.1. The Morgan fingerprint density at radius 1 is 1.15 bits per heavy atom. The van der Waals surface area contributed by atoms with Crippen LogP contribution in [0.1, 0.15) is 42.8 Å². The molecule has 0 atom stereocenters. The summed E-state index contributed by atoms with van der Waals surface area (Å²) in [6, 6.07) is 4.69. The van der Waals surface area contributed by atoms with Crippen LogP contribution in [0.2, 0.25) is 0 Å². The number of nitrogens with one attached hydrogen (secondary N) is 1. The molecular weight excluding hydrogens is 354 g/mol. The summed E-state index contributed by atoms with van der Waals surface area (Å²) in [5.41, 5.74) is 0.0614. The predicted octanol–water partition coefficient (Wildman–Crippen LogP) is 1.86. The van der Waals surface area contributed by atoms with Gasteiger partial charge in [0, 0.05) is 11.0 Å². The predicted molar refractivity (Wildman–Crippen MR) is 94.7 cm³/mol. The first kappa shape index (κ1) is 20.2. The number of hydrogen-bond donors (Lipinski definition) is 1. The Balaban J connectivity index is 1.84. The molecule has 0 aliphatic rings. The molecule has 1 heterocycles. The number of carbonyl (C=O) groups is 2. The molecule has 27 heavy (non-hydrogen) atoms. The number of hydrogen-bond acceptors (Lipinski definition) is 8. The fraction of sp³-hybridized carbons (Fsp3) is 0.444. The van der Waals surface area contributed by atoms with Gasteiger partial charge in [0.15, 0.2) is 23.9 Å². The van der Waals surface area contributed by atoms with E-state index in [-0.39, 0.29) is 24.5 Å². The molecule has 0 saturated heterocycles. The van der Waals surface area contributed by atoms with Crippen molar-refractivity contribution in [3.63, 3.8) is 0 Å². The maximum atomic E-state index is 12.1. The molecule has 1 N–H and O–H groups in total. The molecule has 1 aromatic heterocycles. The number of amides is 1. The molecule has 2 rings (SSSR count). The summed E-state index contributed by atoms with van der Waals surface area (Å²) in [5.74, 6) is 0.566. The van der Waals surface area contributed by atoms with Gasteiger partial charge in [-0.15, -0.1) is 0 Å². The highest BCUT2D eigenvalue weighted by atomic mass is 16.6. The van der Waals surface area contributed by atoms with E-state index in [9.17, 15) is 9.59 Å². The summed E-state index contributed by atoms with van der Waals surface area (Å²) >= 11 is 0. The molecule has 0 unspecified atom stereocenters. The summed E-state index contributed by atoms with van der Waals surface area (Å²) < 4.78 is 20.3. The standard InChI is InChI=1S/C18H23N3O6/c1-18(2,3)17-20-14(27-21-17)10-26-15(22)9-19-16(23)11-6-7-12(24-4)13(8-11)25-5/h6-8H,9-10H2,1-5H3,(H,19,23). The van der Waals surface area contributed by atoms with E-state index in [1.54, 1.807) is 12.1 Å². The number of aromatic nitrogens is 2. The molecule has 0 spiro atoms. The van der Waals surface area contributed by atoms with Crippen LogP contribution in [0.5, 0.6) is 11.5 Å². The molecule has 146 valence electrons. The Hall–Kier alpha value is -3.10. The Morgan fingerprint density at radius 2 is 1.85 bits per heavy atom. The van der Waals surface area contributed by atoms with Crippen LogP contribution in [0.25, 0.3) is 0 Å². The second-order valence-electron chi connectivity index (χ2n) is 6.67. The molecule has 0 bridgehead atoms. The molecule has 0 aliphatic carbocycles. The second kappa shape index (κ2) is 8.52. The first-order valence-corrected chi connectivity index (χ1v) is 8.23. The molecule has 0 saturated carbocycles. The van der Waals surface area contributed by atoms with E-state index in [4.69, 9.17) is 18.7 Å². The van der Waals surface area contributed by atoms with E-state index in [0.717, 1.165) is 0 Å². The normalized spacial score (nSPS) is 11.0. The van der Waals surface area contributed by atoms with Crippen LogP contribution in [0, 0.1) is 0 Å². The van der Waals surface area contributed by atoms with Crippen molar-refractivity contribution in [2.24, 2.45) is 0 Å². The van der Waals surface area contributed by atoms with Gasteiger partial charge in [-0.1, -0.05) is 25.9 Å². The van der Waals surface area contributed by atoms with Gasteiger partial charge in [-0.25, -0.2) is 0 Å². The molecule has 9 nitrogen and oxygen atoms in total. The van der Waals surface area contributed by atoms with E-state index in [1.165, 1.54) is 20.3 Å². The highest BCUT2D eigenvalue weighted by Gasteiger charge is 2.21. The van der Waals surface area contributed by atoms with E-state index >= 15 is 0 Å². The van der Waals surface area contributed by atoms with Crippen molar-refractivity contribution in [3.8, 4) is 11.5 Å². The third kappa shape index (κ3) is 5.44. The lowest BCUT2D eigenvalue weighted by atomic mass is 9.96. The van der Waals surface area contributed by atoms with E-state index in [0.29, 0.717) is 22.9 Å². The van der Waals surface area contributed by atoms with Crippen LogP contribution < -0.4 is 14.8 Å². The average molecular weight is 377 g/mol. The lowest BCUT2D eigenvalue weighted by molar-refractivity contribution is -0.144. The zero-order valence-corrected chi connectivity index (χ0v) is 16.0. The van der Waals surface area contributed by atoms with Gasteiger partial charge in [-0.2, -0.15) is 4.98 Å². The van der Waals surface area contributed by atoms with Crippen LogP contribution >= 0.6 is 0 Å². The van der Waals surface area contributed by atoms with Crippen LogP contribution in [0.4, 0.5) is 0 Å². The number of benzene rings is 1. The molecule has 0 fully saturated rings. The van der Waals surface area contributed by atoms with Gasteiger partial charge < -0.3 is 24.1 Å². The van der Waals surface area contributed by atoms with Crippen molar-refractivity contribution in [2.75, 3.05) is 20.8 Å². The number of nitrogens with zero attached hydrogens (tertiary/aromatic N) is 2. The van der Waals surface area contributed by atoms with Crippen molar-refractivity contribution in [1.29, 1.82) is 0 Å². The van der Waals surface area contributed by atoms with Gasteiger partial charge in [-0.05, 0) is 18.2 Å². The van der Waals surface area contributed by atoms with Crippen LogP contribution in [-0.2, 0) is 21.6 Å². The maximum Gasteiger partial charge on any atom is 0.325 e. The van der Waals surface area contributed by atoms with Crippen molar-refractivity contribution >= 4 is 11.9 Å².